The lowest BCUT2D eigenvalue weighted by Crippen LogP contribution is -1.87. The minimum Gasteiger partial charge on any atom is -0.368 e. The van der Waals surface area contributed by atoms with Crippen LogP contribution in [0.25, 0.3) is 21.5 Å². The maximum absolute atomic E-state index is 6.39. The summed E-state index contributed by atoms with van der Waals surface area (Å²) in [6.07, 6.45) is 0.246. The largest absolute Gasteiger partial charge is 0.368 e. The zero-order valence-corrected chi connectivity index (χ0v) is 10.4. The molecule has 2 heteroatoms. The summed E-state index contributed by atoms with van der Waals surface area (Å²) in [7, 11) is 0. The highest BCUT2D eigenvalue weighted by Crippen LogP contribution is 2.40. The van der Waals surface area contributed by atoms with Gasteiger partial charge in [-0.15, -0.1) is 0 Å². The Bertz CT molecular complexity index is 759. The first-order chi connectivity index (χ1) is 8.84. The second-order valence-electron chi connectivity index (χ2n) is 4.67. The lowest BCUT2D eigenvalue weighted by molar-refractivity contribution is 0.417. The average molecular weight is 255 g/mol. The fourth-order valence-corrected chi connectivity index (χ4v) is 2.91. The molecule has 0 spiro atoms. The standard InChI is InChI=1S/C16H11ClO/c17-14-8-10-4-1-2-5-11(10)16-12(14)6-3-7-13(16)15-9-18-15/h1-8,15H,9H2/t15-/m0/s1. The molecule has 4 rings (SSSR count). The van der Waals surface area contributed by atoms with E-state index in [2.05, 4.69) is 36.4 Å². The van der Waals surface area contributed by atoms with E-state index in [-0.39, 0.29) is 6.10 Å². The topological polar surface area (TPSA) is 12.5 Å². The van der Waals surface area contributed by atoms with Crippen LogP contribution in [0.1, 0.15) is 11.7 Å². The molecule has 1 nitrogen and oxygen atoms in total. The van der Waals surface area contributed by atoms with Crippen LogP contribution in [0, 0.1) is 0 Å². The Morgan fingerprint density at radius 3 is 2.61 bits per heavy atom. The molecule has 3 aromatic carbocycles. The minimum absolute atomic E-state index is 0.246. The van der Waals surface area contributed by atoms with Gasteiger partial charge in [-0.05, 0) is 27.8 Å². The van der Waals surface area contributed by atoms with Gasteiger partial charge < -0.3 is 4.74 Å². The second kappa shape index (κ2) is 3.71. The predicted molar refractivity (Wildman–Crippen MR) is 75.2 cm³/mol. The lowest BCUT2D eigenvalue weighted by Gasteiger charge is -2.10. The molecule has 88 valence electrons. The van der Waals surface area contributed by atoms with E-state index in [0.717, 1.165) is 17.0 Å². The van der Waals surface area contributed by atoms with Gasteiger partial charge in [0.05, 0.1) is 6.61 Å². The summed E-state index contributed by atoms with van der Waals surface area (Å²) in [6, 6.07) is 16.7. The Hall–Kier alpha value is -1.57. The quantitative estimate of drug-likeness (QED) is 0.452. The van der Waals surface area contributed by atoms with Crippen molar-refractivity contribution in [3.63, 3.8) is 0 Å². The Morgan fingerprint density at radius 2 is 1.78 bits per heavy atom. The van der Waals surface area contributed by atoms with Gasteiger partial charge in [0.2, 0.25) is 0 Å². The van der Waals surface area contributed by atoms with Gasteiger partial charge in [-0.2, -0.15) is 0 Å². The zero-order valence-electron chi connectivity index (χ0n) is 9.69. The number of hydrogen-bond donors (Lipinski definition) is 0. The molecule has 0 aromatic heterocycles. The summed E-state index contributed by atoms with van der Waals surface area (Å²) in [5.41, 5.74) is 1.26. The molecule has 0 saturated carbocycles. The molecule has 0 bridgehead atoms. The van der Waals surface area contributed by atoms with Gasteiger partial charge in [-0.1, -0.05) is 54.1 Å². The molecule has 0 unspecified atom stereocenters. The van der Waals surface area contributed by atoms with Crippen LogP contribution in [0.15, 0.2) is 48.5 Å². The molecule has 1 heterocycles. The molecule has 0 N–H and O–H groups in total. The summed E-state index contributed by atoms with van der Waals surface area (Å²) in [5.74, 6) is 0. The van der Waals surface area contributed by atoms with Gasteiger partial charge in [0, 0.05) is 10.4 Å². The van der Waals surface area contributed by atoms with Crippen molar-refractivity contribution >= 4 is 33.1 Å². The van der Waals surface area contributed by atoms with E-state index in [1.807, 2.05) is 12.1 Å². The van der Waals surface area contributed by atoms with Crippen LogP contribution in [0.4, 0.5) is 0 Å². The molecule has 18 heavy (non-hydrogen) atoms. The molecule has 1 saturated heterocycles. The van der Waals surface area contributed by atoms with E-state index in [9.17, 15) is 0 Å². The minimum atomic E-state index is 0.246. The van der Waals surface area contributed by atoms with Gasteiger partial charge in [-0.3, -0.25) is 0 Å². The number of benzene rings is 3. The summed E-state index contributed by atoms with van der Waals surface area (Å²) in [6.45, 7) is 0.819. The number of halogens is 1. The molecule has 1 atom stereocenters. The second-order valence-corrected chi connectivity index (χ2v) is 5.08. The maximum atomic E-state index is 6.39. The molecular weight excluding hydrogens is 244 g/mol. The third-order valence-electron chi connectivity index (χ3n) is 3.55. The Morgan fingerprint density at radius 1 is 1.00 bits per heavy atom. The summed E-state index contributed by atoms with van der Waals surface area (Å²) in [5, 5.41) is 5.60. The van der Waals surface area contributed by atoms with Crippen molar-refractivity contribution in [2.24, 2.45) is 0 Å². The molecule has 1 aliphatic rings. The summed E-state index contributed by atoms with van der Waals surface area (Å²) in [4.78, 5) is 0. The number of hydrogen-bond acceptors (Lipinski definition) is 1. The van der Waals surface area contributed by atoms with Crippen LogP contribution in [-0.2, 0) is 4.74 Å². The third kappa shape index (κ3) is 1.45. The van der Waals surface area contributed by atoms with E-state index in [4.69, 9.17) is 16.3 Å². The fraction of sp³-hybridized carbons (Fsp3) is 0.125. The Labute approximate surface area is 110 Å². The Balaban J connectivity index is 2.25. The molecule has 3 aromatic rings. The van der Waals surface area contributed by atoms with Crippen LogP contribution < -0.4 is 0 Å². The van der Waals surface area contributed by atoms with E-state index in [1.165, 1.54) is 21.7 Å². The van der Waals surface area contributed by atoms with Gasteiger partial charge >= 0.3 is 0 Å². The van der Waals surface area contributed by atoms with Crippen molar-refractivity contribution in [1.29, 1.82) is 0 Å². The van der Waals surface area contributed by atoms with Crippen molar-refractivity contribution in [3.05, 3.63) is 59.1 Å². The first-order valence-electron chi connectivity index (χ1n) is 6.06. The van der Waals surface area contributed by atoms with Crippen LogP contribution >= 0.6 is 11.6 Å². The van der Waals surface area contributed by atoms with Crippen LogP contribution in [-0.4, -0.2) is 6.61 Å². The van der Waals surface area contributed by atoms with Crippen LogP contribution in [0.2, 0.25) is 5.02 Å². The smallest absolute Gasteiger partial charge is 0.107 e. The number of fused-ring (bicyclic) bond motifs is 3. The zero-order chi connectivity index (χ0) is 12.1. The van der Waals surface area contributed by atoms with Crippen molar-refractivity contribution in [2.75, 3.05) is 6.61 Å². The monoisotopic (exact) mass is 254 g/mol. The molecule has 0 amide bonds. The summed E-state index contributed by atoms with van der Waals surface area (Å²) >= 11 is 6.39. The third-order valence-corrected chi connectivity index (χ3v) is 3.86. The van der Waals surface area contributed by atoms with Crippen LogP contribution in [0.3, 0.4) is 0 Å². The molecule has 1 aliphatic heterocycles. The first-order valence-corrected chi connectivity index (χ1v) is 6.44. The lowest BCUT2D eigenvalue weighted by atomic mass is 9.96. The van der Waals surface area contributed by atoms with E-state index in [1.54, 1.807) is 0 Å². The van der Waals surface area contributed by atoms with Crippen molar-refractivity contribution in [2.45, 2.75) is 6.10 Å². The van der Waals surface area contributed by atoms with E-state index < -0.39 is 0 Å². The van der Waals surface area contributed by atoms with E-state index >= 15 is 0 Å². The highest BCUT2D eigenvalue weighted by Gasteiger charge is 2.27. The number of ether oxygens (including phenoxy) is 1. The highest BCUT2D eigenvalue weighted by molar-refractivity contribution is 6.37. The summed E-state index contributed by atoms with van der Waals surface area (Å²) < 4.78 is 5.45. The first kappa shape index (κ1) is 10.4. The molecule has 0 aliphatic carbocycles. The fourth-order valence-electron chi connectivity index (χ4n) is 2.63. The van der Waals surface area contributed by atoms with Crippen molar-refractivity contribution in [1.82, 2.24) is 0 Å². The number of rotatable bonds is 1. The number of epoxide rings is 1. The molecule has 1 fully saturated rings. The van der Waals surface area contributed by atoms with Gasteiger partial charge in [0.1, 0.15) is 6.10 Å². The van der Waals surface area contributed by atoms with Crippen LogP contribution in [0.5, 0.6) is 0 Å². The van der Waals surface area contributed by atoms with Gasteiger partial charge in [0.15, 0.2) is 0 Å². The predicted octanol–water partition coefficient (Wildman–Crippen LogP) is 4.72. The SMILES string of the molecule is Clc1cc2ccccc2c2c([C@@H]3CO3)cccc12. The highest BCUT2D eigenvalue weighted by atomic mass is 35.5. The van der Waals surface area contributed by atoms with Gasteiger partial charge in [0.25, 0.3) is 0 Å². The molecular formula is C16H11ClO. The van der Waals surface area contributed by atoms with Crippen molar-refractivity contribution in [3.8, 4) is 0 Å². The average Bonchev–Trinajstić information content (AvgIpc) is 3.23. The normalized spacial score (nSPS) is 18.4. The van der Waals surface area contributed by atoms with Gasteiger partial charge in [-0.25, -0.2) is 0 Å². The van der Waals surface area contributed by atoms with Crippen molar-refractivity contribution < 1.29 is 4.74 Å². The maximum Gasteiger partial charge on any atom is 0.107 e. The Kier molecular flexibility index (Phi) is 2.14. The molecule has 0 radical (unpaired) electrons. The van der Waals surface area contributed by atoms with E-state index in [0.29, 0.717) is 0 Å².